The molecule has 6 heterocycles. The molecule has 6 aromatic rings. The molecule has 1 aliphatic rings. The number of carbonyl (C=O) groups excluding carboxylic acids is 1. The summed E-state index contributed by atoms with van der Waals surface area (Å²) in [5, 5.41) is 12.0. The summed E-state index contributed by atoms with van der Waals surface area (Å²) < 4.78 is 8.76. The van der Waals surface area contributed by atoms with Crippen molar-refractivity contribution in [2.75, 3.05) is 43.5 Å². The topological polar surface area (TPSA) is 106 Å². The normalized spacial score (nSPS) is 13.7. The van der Waals surface area contributed by atoms with Crippen LogP contribution in [0.25, 0.3) is 27.8 Å². The van der Waals surface area contributed by atoms with Crippen molar-refractivity contribution in [1.29, 1.82) is 0 Å². The van der Waals surface area contributed by atoms with Crippen molar-refractivity contribution in [3.05, 3.63) is 109 Å². The van der Waals surface area contributed by atoms with Gasteiger partial charge in [0, 0.05) is 98.4 Å². The molecule has 7 rings (SSSR count). The van der Waals surface area contributed by atoms with Gasteiger partial charge < -0.3 is 15.0 Å². The number of pyridine rings is 3. The van der Waals surface area contributed by atoms with Crippen molar-refractivity contribution in [1.82, 2.24) is 34.3 Å². The first kappa shape index (κ1) is 28.2. The zero-order valence-electron chi connectivity index (χ0n) is 25.2. The second kappa shape index (κ2) is 12.2. The van der Waals surface area contributed by atoms with Crippen molar-refractivity contribution in [2.45, 2.75) is 6.54 Å². The minimum atomic E-state index is -0.191. The highest BCUT2D eigenvalue weighted by molar-refractivity contribution is 6.08. The number of nitrogens with zero attached hydrogens (tertiary/aromatic N) is 8. The van der Waals surface area contributed by atoms with Gasteiger partial charge in [-0.2, -0.15) is 10.2 Å². The summed E-state index contributed by atoms with van der Waals surface area (Å²) in [6.45, 7) is 4.49. The summed E-state index contributed by atoms with van der Waals surface area (Å²) in [6, 6.07) is 19.4. The molecular formula is C34H33N9O2. The van der Waals surface area contributed by atoms with Crippen LogP contribution in [0.2, 0.25) is 0 Å². The molecule has 226 valence electrons. The van der Waals surface area contributed by atoms with E-state index < -0.39 is 0 Å². The van der Waals surface area contributed by atoms with E-state index in [1.807, 2.05) is 66.8 Å². The van der Waals surface area contributed by atoms with Crippen LogP contribution in [0.5, 0.6) is 5.88 Å². The summed E-state index contributed by atoms with van der Waals surface area (Å²) in [4.78, 5) is 27.0. The smallest absolute Gasteiger partial charge is 0.255 e. The van der Waals surface area contributed by atoms with Gasteiger partial charge in [0.05, 0.1) is 30.7 Å². The third-order valence-corrected chi connectivity index (χ3v) is 8.10. The number of amides is 1. The molecule has 0 atom stereocenters. The standard InChI is InChI=1S/C34H33N9O2/c1-40-22-28(19-37-40)27-16-29(33-30(20-38-43(33)23-27)39-34(44)25-6-4-3-5-7-25)26-9-10-31(35-18-26)42-14-12-41(13-15-42)21-24-8-11-32(45-2)36-17-24/h3-11,16-20,22-23H,12-15,21H2,1-2H3,(H,39,44). The van der Waals surface area contributed by atoms with E-state index in [1.165, 1.54) is 5.56 Å². The van der Waals surface area contributed by atoms with Crippen LogP contribution in [0.4, 0.5) is 11.5 Å². The Labute approximate surface area is 260 Å². The molecule has 0 saturated carbocycles. The lowest BCUT2D eigenvalue weighted by Gasteiger charge is -2.35. The number of benzene rings is 1. The van der Waals surface area contributed by atoms with Crippen LogP contribution in [0.15, 0.2) is 97.8 Å². The molecule has 45 heavy (non-hydrogen) atoms. The summed E-state index contributed by atoms with van der Waals surface area (Å²) >= 11 is 0. The predicted molar refractivity (Wildman–Crippen MR) is 173 cm³/mol. The molecule has 1 saturated heterocycles. The molecule has 1 fully saturated rings. The largest absolute Gasteiger partial charge is 0.481 e. The number of piperazine rings is 1. The van der Waals surface area contributed by atoms with Crippen LogP contribution in [-0.4, -0.2) is 73.5 Å². The van der Waals surface area contributed by atoms with E-state index in [1.54, 1.807) is 30.1 Å². The van der Waals surface area contributed by atoms with Crippen LogP contribution in [0, 0.1) is 0 Å². The summed E-state index contributed by atoms with van der Waals surface area (Å²) in [7, 11) is 3.52. The minimum Gasteiger partial charge on any atom is -0.481 e. The number of methoxy groups -OCH3 is 1. The zero-order chi connectivity index (χ0) is 30.8. The number of aryl methyl sites for hydroxylation is 1. The van der Waals surface area contributed by atoms with E-state index in [0.717, 1.165) is 66.3 Å². The average Bonchev–Trinajstić information content (AvgIpc) is 3.71. The lowest BCUT2D eigenvalue weighted by molar-refractivity contribution is 0.102. The maximum Gasteiger partial charge on any atom is 0.255 e. The molecule has 0 unspecified atom stereocenters. The Hall–Kier alpha value is -5.55. The highest BCUT2D eigenvalue weighted by atomic mass is 16.5. The van der Waals surface area contributed by atoms with Gasteiger partial charge in [-0.05, 0) is 35.9 Å². The number of fused-ring (bicyclic) bond motifs is 1. The summed E-state index contributed by atoms with van der Waals surface area (Å²) in [5.41, 5.74) is 6.95. The lowest BCUT2D eigenvalue weighted by atomic mass is 10.0. The monoisotopic (exact) mass is 599 g/mol. The Morgan fingerprint density at radius 1 is 0.844 bits per heavy atom. The first-order chi connectivity index (χ1) is 22.0. The fraction of sp³-hybridized carbons (Fsp3) is 0.206. The summed E-state index contributed by atoms with van der Waals surface area (Å²) in [5.74, 6) is 1.38. The Kier molecular flexibility index (Phi) is 7.66. The van der Waals surface area contributed by atoms with E-state index in [4.69, 9.17) is 9.72 Å². The van der Waals surface area contributed by atoms with E-state index in [0.29, 0.717) is 17.1 Å². The third-order valence-electron chi connectivity index (χ3n) is 8.10. The van der Waals surface area contributed by atoms with Crippen LogP contribution in [0.3, 0.4) is 0 Å². The Morgan fingerprint density at radius 3 is 2.38 bits per heavy atom. The molecule has 0 radical (unpaired) electrons. The fourth-order valence-electron chi connectivity index (χ4n) is 5.70. The van der Waals surface area contributed by atoms with Crippen molar-refractivity contribution in [3.8, 4) is 28.1 Å². The average molecular weight is 600 g/mol. The van der Waals surface area contributed by atoms with Gasteiger partial charge >= 0.3 is 0 Å². The molecular weight excluding hydrogens is 566 g/mol. The molecule has 0 spiro atoms. The minimum absolute atomic E-state index is 0.191. The van der Waals surface area contributed by atoms with Gasteiger partial charge in [-0.3, -0.25) is 14.4 Å². The molecule has 1 amide bonds. The maximum atomic E-state index is 13.1. The predicted octanol–water partition coefficient (Wildman–Crippen LogP) is 4.77. The third kappa shape index (κ3) is 5.98. The molecule has 1 aliphatic heterocycles. The number of hydrogen-bond donors (Lipinski definition) is 1. The molecule has 0 aliphatic carbocycles. The highest BCUT2D eigenvalue weighted by Crippen LogP contribution is 2.34. The first-order valence-corrected chi connectivity index (χ1v) is 14.8. The van der Waals surface area contributed by atoms with Gasteiger partial charge in [-0.15, -0.1) is 0 Å². The Morgan fingerprint density at radius 2 is 1.69 bits per heavy atom. The SMILES string of the molecule is COc1ccc(CN2CCN(c3ccc(-c4cc(-c5cnn(C)c5)cn5ncc(NC(=O)c6ccccc6)c45)cn3)CC2)cn1. The number of aromatic nitrogens is 6. The number of nitrogens with one attached hydrogen (secondary N) is 1. The number of ether oxygens (including phenoxy) is 1. The lowest BCUT2D eigenvalue weighted by Crippen LogP contribution is -2.46. The van der Waals surface area contributed by atoms with E-state index in [2.05, 4.69) is 54.6 Å². The number of hydrogen-bond acceptors (Lipinski definition) is 8. The van der Waals surface area contributed by atoms with Crippen LogP contribution >= 0.6 is 0 Å². The van der Waals surface area contributed by atoms with E-state index in [9.17, 15) is 4.79 Å². The van der Waals surface area contributed by atoms with Crippen molar-refractivity contribution < 1.29 is 9.53 Å². The van der Waals surface area contributed by atoms with Gasteiger partial charge in [0.25, 0.3) is 5.91 Å². The molecule has 5 aromatic heterocycles. The zero-order valence-corrected chi connectivity index (χ0v) is 25.2. The molecule has 1 aromatic carbocycles. The van der Waals surface area contributed by atoms with Gasteiger partial charge in [0.15, 0.2) is 0 Å². The number of anilines is 2. The second-order valence-corrected chi connectivity index (χ2v) is 11.1. The van der Waals surface area contributed by atoms with Crippen LogP contribution < -0.4 is 15.0 Å². The van der Waals surface area contributed by atoms with Crippen LogP contribution in [0.1, 0.15) is 15.9 Å². The van der Waals surface area contributed by atoms with Gasteiger partial charge in [0.1, 0.15) is 5.82 Å². The van der Waals surface area contributed by atoms with Gasteiger partial charge in [-0.1, -0.05) is 24.3 Å². The fourth-order valence-corrected chi connectivity index (χ4v) is 5.70. The quantitative estimate of drug-likeness (QED) is 0.267. The summed E-state index contributed by atoms with van der Waals surface area (Å²) in [6.07, 6.45) is 11.2. The van der Waals surface area contributed by atoms with E-state index in [-0.39, 0.29) is 5.91 Å². The molecule has 11 heteroatoms. The van der Waals surface area contributed by atoms with E-state index >= 15 is 0 Å². The Balaban J connectivity index is 1.14. The molecule has 1 N–H and O–H groups in total. The molecule has 11 nitrogen and oxygen atoms in total. The van der Waals surface area contributed by atoms with Gasteiger partial charge in [-0.25, -0.2) is 14.5 Å². The maximum absolute atomic E-state index is 13.1. The Bertz CT molecular complexity index is 1930. The van der Waals surface area contributed by atoms with Crippen molar-refractivity contribution >= 4 is 22.9 Å². The van der Waals surface area contributed by atoms with Crippen LogP contribution in [-0.2, 0) is 13.6 Å². The number of rotatable bonds is 8. The van der Waals surface area contributed by atoms with Crippen molar-refractivity contribution in [3.63, 3.8) is 0 Å². The second-order valence-electron chi connectivity index (χ2n) is 11.1. The van der Waals surface area contributed by atoms with Crippen molar-refractivity contribution in [2.24, 2.45) is 7.05 Å². The number of carbonyl (C=O) groups is 1. The van der Waals surface area contributed by atoms with Gasteiger partial charge in [0.2, 0.25) is 5.88 Å². The first-order valence-electron chi connectivity index (χ1n) is 14.8. The highest BCUT2D eigenvalue weighted by Gasteiger charge is 2.20. The molecule has 0 bridgehead atoms.